The Morgan fingerprint density at radius 1 is 0.952 bits per heavy atom. The number of rotatable bonds is 5. The normalized spacial score (nSPS) is 10.5. The van der Waals surface area contributed by atoms with Crippen LogP contribution in [0.15, 0.2) is 36.4 Å². The van der Waals surface area contributed by atoms with Gasteiger partial charge in [-0.2, -0.15) is 0 Å². The molecule has 2 rings (SSSR count). The predicted octanol–water partition coefficient (Wildman–Crippen LogP) is 4.17. The molecule has 112 valence electrons. The molecule has 0 aliphatic carbocycles. The Morgan fingerprint density at radius 2 is 1.67 bits per heavy atom. The summed E-state index contributed by atoms with van der Waals surface area (Å²) in [6.07, 6.45) is 0.0774. The third-order valence-electron chi connectivity index (χ3n) is 2.82. The van der Waals surface area contributed by atoms with Gasteiger partial charge in [0.05, 0.1) is 13.2 Å². The van der Waals surface area contributed by atoms with Crippen LogP contribution in [0.5, 0.6) is 23.0 Å². The minimum absolute atomic E-state index is 0.0774. The van der Waals surface area contributed by atoms with Gasteiger partial charge < -0.3 is 19.9 Å². The maximum absolute atomic E-state index is 5.89. The molecule has 2 aromatic carbocycles. The molecule has 0 aromatic heterocycles. The predicted molar refractivity (Wildman–Crippen MR) is 84.4 cm³/mol. The van der Waals surface area contributed by atoms with Gasteiger partial charge in [-0.3, -0.25) is 0 Å². The van der Waals surface area contributed by atoms with Gasteiger partial charge in [-0.05, 0) is 38.5 Å². The van der Waals surface area contributed by atoms with Crippen LogP contribution >= 0.6 is 0 Å². The van der Waals surface area contributed by atoms with Crippen molar-refractivity contribution in [3.8, 4) is 23.0 Å². The Hall–Kier alpha value is -2.36. The second-order valence-corrected chi connectivity index (χ2v) is 5.16. The van der Waals surface area contributed by atoms with E-state index in [1.54, 1.807) is 19.2 Å². The molecule has 0 amide bonds. The van der Waals surface area contributed by atoms with Crippen LogP contribution in [0.2, 0.25) is 0 Å². The summed E-state index contributed by atoms with van der Waals surface area (Å²) in [7, 11) is 1.62. The lowest BCUT2D eigenvalue weighted by atomic mass is 10.2. The molecule has 0 aliphatic heterocycles. The van der Waals surface area contributed by atoms with Crippen molar-refractivity contribution < 1.29 is 14.2 Å². The second-order valence-electron chi connectivity index (χ2n) is 5.16. The first-order valence-electron chi connectivity index (χ1n) is 6.87. The van der Waals surface area contributed by atoms with Gasteiger partial charge in [0.2, 0.25) is 0 Å². The maximum Gasteiger partial charge on any atom is 0.169 e. The van der Waals surface area contributed by atoms with Crippen LogP contribution in [0.25, 0.3) is 0 Å². The third-order valence-corrected chi connectivity index (χ3v) is 2.82. The minimum Gasteiger partial charge on any atom is -0.493 e. The number of methoxy groups -OCH3 is 1. The lowest BCUT2D eigenvalue weighted by Crippen LogP contribution is -2.06. The summed E-state index contributed by atoms with van der Waals surface area (Å²) in [6, 6.07) is 11.1. The van der Waals surface area contributed by atoms with Crippen LogP contribution in [-0.2, 0) is 0 Å². The molecule has 0 aliphatic rings. The topological polar surface area (TPSA) is 53.7 Å². The molecule has 4 nitrogen and oxygen atoms in total. The first-order valence-corrected chi connectivity index (χ1v) is 6.87. The average molecular weight is 287 g/mol. The Balaban J connectivity index is 2.29. The Kier molecular flexibility index (Phi) is 4.58. The number of nitrogens with two attached hydrogens (primary N) is 1. The molecule has 2 N–H and O–H groups in total. The first kappa shape index (κ1) is 15.0. The van der Waals surface area contributed by atoms with Crippen LogP contribution in [0.1, 0.15) is 19.4 Å². The van der Waals surface area contributed by atoms with E-state index in [0.29, 0.717) is 28.7 Å². The van der Waals surface area contributed by atoms with Crippen molar-refractivity contribution in [2.45, 2.75) is 26.9 Å². The summed E-state index contributed by atoms with van der Waals surface area (Å²) in [5.41, 5.74) is 7.59. The highest BCUT2D eigenvalue weighted by atomic mass is 16.5. The van der Waals surface area contributed by atoms with E-state index in [1.165, 1.54) is 0 Å². The highest BCUT2D eigenvalue weighted by Crippen LogP contribution is 2.34. The highest BCUT2D eigenvalue weighted by Gasteiger charge is 2.08. The Morgan fingerprint density at radius 3 is 2.33 bits per heavy atom. The molecule has 21 heavy (non-hydrogen) atoms. The number of benzene rings is 2. The Bertz CT molecular complexity index is 623. The van der Waals surface area contributed by atoms with Crippen LogP contribution in [0.4, 0.5) is 5.69 Å². The van der Waals surface area contributed by atoms with Gasteiger partial charge in [0.15, 0.2) is 11.5 Å². The van der Waals surface area contributed by atoms with Crippen molar-refractivity contribution in [3.05, 3.63) is 42.0 Å². The van der Waals surface area contributed by atoms with Gasteiger partial charge in [0, 0.05) is 23.9 Å². The Labute approximate surface area is 125 Å². The van der Waals surface area contributed by atoms with Crippen molar-refractivity contribution in [1.82, 2.24) is 0 Å². The van der Waals surface area contributed by atoms with E-state index in [9.17, 15) is 0 Å². The number of nitrogen functional groups attached to an aromatic ring is 1. The van der Waals surface area contributed by atoms with E-state index in [0.717, 1.165) is 5.56 Å². The fourth-order valence-electron chi connectivity index (χ4n) is 1.98. The number of hydrogen-bond donors (Lipinski definition) is 1. The molecule has 0 heterocycles. The lowest BCUT2D eigenvalue weighted by molar-refractivity contribution is 0.241. The van der Waals surface area contributed by atoms with Crippen LogP contribution < -0.4 is 19.9 Å². The van der Waals surface area contributed by atoms with Crippen molar-refractivity contribution in [2.75, 3.05) is 12.8 Å². The molecule has 0 bridgehead atoms. The zero-order valence-corrected chi connectivity index (χ0v) is 12.8. The maximum atomic E-state index is 5.89. The van der Waals surface area contributed by atoms with E-state index >= 15 is 0 Å². The first-order chi connectivity index (χ1) is 9.97. The fraction of sp³-hybridized carbons (Fsp3) is 0.294. The molecule has 0 spiro atoms. The second kappa shape index (κ2) is 6.39. The van der Waals surface area contributed by atoms with Crippen LogP contribution in [-0.4, -0.2) is 13.2 Å². The number of aryl methyl sites for hydroxylation is 1. The summed E-state index contributed by atoms with van der Waals surface area (Å²) in [5, 5.41) is 0. The summed E-state index contributed by atoms with van der Waals surface area (Å²) < 4.78 is 16.9. The van der Waals surface area contributed by atoms with Crippen LogP contribution in [0, 0.1) is 6.92 Å². The van der Waals surface area contributed by atoms with E-state index in [2.05, 4.69) is 0 Å². The van der Waals surface area contributed by atoms with Gasteiger partial charge in [0.25, 0.3) is 0 Å². The zero-order chi connectivity index (χ0) is 15.4. The standard InChI is InChI=1S/C17H21NO3/c1-11(2)20-14-8-13(18)9-15(10-14)21-16-6-5-12(3)7-17(16)19-4/h5-11H,18H2,1-4H3. The molecule has 0 saturated heterocycles. The highest BCUT2D eigenvalue weighted by molar-refractivity contribution is 5.53. The molecular weight excluding hydrogens is 266 g/mol. The van der Waals surface area contributed by atoms with Crippen molar-refractivity contribution >= 4 is 5.69 Å². The summed E-state index contributed by atoms with van der Waals surface area (Å²) in [6.45, 7) is 5.93. The monoisotopic (exact) mass is 287 g/mol. The smallest absolute Gasteiger partial charge is 0.169 e. The summed E-state index contributed by atoms with van der Waals surface area (Å²) >= 11 is 0. The molecule has 0 saturated carbocycles. The van der Waals surface area contributed by atoms with E-state index < -0.39 is 0 Å². The zero-order valence-electron chi connectivity index (χ0n) is 12.8. The van der Waals surface area contributed by atoms with Gasteiger partial charge >= 0.3 is 0 Å². The number of hydrogen-bond acceptors (Lipinski definition) is 4. The van der Waals surface area contributed by atoms with Gasteiger partial charge in [0.1, 0.15) is 11.5 Å². The van der Waals surface area contributed by atoms with Crippen molar-refractivity contribution in [1.29, 1.82) is 0 Å². The van der Waals surface area contributed by atoms with Crippen LogP contribution in [0.3, 0.4) is 0 Å². The molecule has 0 fully saturated rings. The van der Waals surface area contributed by atoms with E-state index in [1.807, 2.05) is 45.0 Å². The quantitative estimate of drug-likeness (QED) is 0.839. The number of anilines is 1. The molecule has 0 atom stereocenters. The number of ether oxygens (including phenoxy) is 3. The lowest BCUT2D eigenvalue weighted by Gasteiger charge is -2.14. The van der Waals surface area contributed by atoms with Gasteiger partial charge in [-0.1, -0.05) is 6.07 Å². The van der Waals surface area contributed by atoms with E-state index in [-0.39, 0.29) is 6.10 Å². The largest absolute Gasteiger partial charge is 0.493 e. The summed E-state index contributed by atoms with van der Waals surface area (Å²) in [5.74, 6) is 2.63. The minimum atomic E-state index is 0.0774. The average Bonchev–Trinajstić information content (AvgIpc) is 2.39. The van der Waals surface area contributed by atoms with Gasteiger partial charge in [-0.15, -0.1) is 0 Å². The van der Waals surface area contributed by atoms with Gasteiger partial charge in [-0.25, -0.2) is 0 Å². The van der Waals surface area contributed by atoms with Crippen molar-refractivity contribution in [2.24, 2.45) is 0 Å². The molecule has 4 heteroatoms. The van der Waals surface area contributed by atoms with Crippen molar-refractivity contribution in [3.63, 3.8) is 0 Å². The third kappa shape index (κ3) is 4.05. The molecular formula is C17H21NO3. The summed E-state index contributed by atoms with van der Waals surface area (Å²) in [4.78, 5) is 0. The molecule has 0 radical (unpaired) electrons. The molecule has 2 aromatic rings. The van der Waals surface area contributed by atoms with E-state index in [4.69, 9.17) is 19.9 Å². The fourth-order valence-corrected chi connectivity index (χ4v) is 1.98. The molecule has 0 unspecified atom stereocenters. The SMILES string of the molecule is COc1cc(C)ccc1Oc1cc(N)cc(OC(C)C)c1.